The van der Waals surface area contributed by atoms with E-state index < -0.39 is 0 Å². The third-order valence-electron chi connectivity index (χ3n) is 3.66. The fourth-order valence-electron chi connectivity index (χ4n) is 1.97. The number of likely N-dealkylation sites (N-methyl/N-ethyl adjacent to an activating group) is 2. The first-order valence-electron chi connectivity index (χ1n) is 7.01. The van der Waals surface area contributed by atoms with E-state index >= 15 is 0 Å². The van der Waals surface area contributed by atoms with Crippen molar-refractivity contribution in [3.8, 4) is 5.75 Å². The summed E-state index contributed by atoms with van der Waals surface area (Å²) in [4.78, 5) is 4.66. The first kappa shape index (κ1) is 16.0. The lowest BCUT2D eigenvalue weighted by atomic mass is 10.1. The molecule has 0 bridgehead atoms. The summed E-state index contributed by atoms with van der Waals surface area (Å²) in [6.07, 6.45) is 2.31. The van der Waals surface area contributed by atoms with Crippen LogP contribution in [0.2, 0.25) is 0 Å². The second-order valence-electron chi connectivity index (χ2n) is 5.52. The van der Waals surface area contributed by atoms with Crippen LogP contribution in [0.5, 0.6) is 5.75 Å². The monoisotopic (exact) mass is 264 g/mol. The third kappa shape index (κ3) is 6.08. The summed E-state index contributed by atoms with van der Waals surface area (Å²) in [7, 11) is 8.16. The smallest absolute Gasteiger partial charge is 0.118 e. The Bertz CT molecular complexity index is 348. The largest absolute Gasteiger partial charge is 0.497 e. The fraction of sp³-hybridized carbons (Fsp3) is 0.625. The van der Waals surface area contributed by atoms with Crippen LogP contribution in [0.25, 0.3) is 0 Å². The molecule has 0 saturated heterocycles. The Kier molecular flexibility index (Phi) is 6.89. The van der Waals surface area contributed by atoms with Crippen molar-refractivity contribution in [3.63, 3.8) is 0 Å². The number of hydrogen-bond acceptors (Lipinski definition) is 3. The van der Waals surface area contributed by atoms with Gasteiger partial charge in [-0.15, -0.1) is 0 Å². The number of methoxy groups -OCH3 is 1. The van der Waals surface area contributed by atoms with E-state index in [0.29, 0.717) is 6.04 Å². The third-order valence-corrected chi connectivity index (χ3v) is 3.66. The van der Waals surface area contributed by atoms with Crippen molar-refractivity contribution in [3.05, 3.63) is 29.8 Å². The summed E-state index contributed by atoms with van der Waals surface area (Å²) >= 11 is 0. The average molecular weight is 264 g/mol. The Balaban J connectivity index is 2.33. The number of benzene rings is 1. The van der Waals surface area contributed by atoms with Crippen LogP contribution >= 0.6 is 0 Å². The molecule has 1 aromatic carbocycles. The molecule has 0 unspecified atom stereocenters. The topological polar surface area (TPSA) is 15.7 Å². The molecule has 0 aliphatic carbocycles. The maximum atomic E-state index is 5.17. The van der Waals surface area contributed by atoms with Crippen LogP contribution in [0, 0.1) is 0 Å². The number of ether oxygens (including phenoxy) is 1. The van der Waals surface area contributed by atoms with Crippen molar-refractivity contribution in [2.24, 2.45) is 0 Å². The SMILES string of the molecule is COc1ccc(CC[C@@H](C)N(C)CCN(C)C)cc1. The van der Waals surface area contributed by atoms with Crippen LogP contribution in [-0.2, 0) is 6.42 Å². The minimum Gasteiger partial charge on any atom is -0.497 e. The normalized spacial score (nSPS) is 13.0. The Morgan fingerprint density at radius 2 is 1.68 bits per heavy atom. The van der Waals surface area contributed by atoms with E-state index in [1.54, 1.807) is 7.11 Å². The molecule has 3 nitrogen and oxygen atoms in total. The molecule has 19 heavy (non-hydrogen) atoms. The summed E-state index contributed by atoms with van der Waals surface area (Å²) < 4.78 is 5.17. The number of hydrogen-bond donors (Lipinski definition) is 0. The van der Waals surface area contributed by atoms with Crippen LogP contribution < -0.4 is 4.74 Å². The maximum Gasteiger partial charge on any atom is 0.118 e. The average Bonchev–Trinajstić information content (AvgIpc) is 2.42. The summed E-state index contributed by atoms with van der Waals surface area (Å²) in [5.41, 5.74) is 1.38. The minimum atomic E-state index is 0.613. The first-order chi connectivity index (χ1) is 9.02. The van der Waals surface area contributed by atoms with Gasteiger partial charge in [0.05, 0.1) is 7.11 Å². The molecule has 1 atom stereocenters. The molecule has 0 N–H and O–H groups in total. The van der Waals surface area contributed by atoms with E-state index in [-0.39, 0.29) is 0 Å². The quantitative estimate of drug-likeness (QED) is 0.717. The van der Waals surface area contributed by atoms with E-state index in [1.807, 2.05) is 12.1 Å². The van der Waals surface area contributed by atoms with Gasteiger partial charge in [-0.2, -0.15) is 0 Å². The van der Waals surface area contributed by atoms with Gasteiger partial charge in [0.15, 0.2) is 0 Å². The van der Waals surface area contributed by atoms with E-state index in [1.165, 1.54) is 12.0 Å². The molecule has 108 valence electrons. The molecule has 0 aliphatic heterocycles. The second-order valence-corrected chi connectivity index (χ2v) is 5.52. The highest BCUT2D eigenvalue weighted by Gasteiger charge is 2.09. The summed E-state index contributed by atoms with van der Waals surface area (Å²) in [6, 6.07) is 9.00. The van der Waals surface area contributed by atoms with Gasteiger partial charge in [-0.3, -0.25) is 0 Å². The molecule has 0 heterocycles. The Labute approximate surface area is 118 Å². The molecule has 1 rings (SSSR count). The van der Waals surface area contributed by atoms with Crippen LogP contribution in [0.15, 0.2) is 24.3 Å². The molecule has 3 heteroatoms. The van der Waals surface area contributed by atoms with E-state index in [2.05, 4.69) is 50.0 Å². The van der Waals surface area contributed by atoms with Crippen LogP contribution in [0.4, 0.5) is 0 Å². The van der Waals surface area contributed by atoms with E-state index in [0.717, 1.165) is 25.3 Å². The van der Waals surface area contributed by atoms with Crippen molar-refractivity contribution in [2.45, 2.75) is 25.8 Å². The zero-order valence-electron chi connectivity index (χ0n) is 13.0. The molecular weight excluding hydrogens is 236 g/mol. The highest BCUT2D eigenvalue weighted by Crippen LogP contribution is 2.14. The number of nitrogens with zero attached hydrogens (tertiary/aromatic N) is 2. The summed E-state index contributed by atoms with van der Waals surface area (Å²) in [5, 5.41) is 0. The van der Waals surface area contributed by atoms with Crippen molar-refractivity contribution in [1.29, 1.82) is 0 Å². The van der Waals surface area contributed by atoms with Crippen molar-refractivity contribution >= 4 is 0 Å². The Hall–Kier alpha value is -1.06. The lowest BCUT2D eigenvalue weighted by Gasteiger charge is -2.26. The lowest BCUT2D eigenvalue weighted by Crippen LogP contribution is -2.35. The molecule has 0 spiro atoms. The van der Waals surface area contributed by atoms with E-state index in [4.69, 9.17) is 4.74 Å². The second kappa shape index (κ2) is 8.18. The minimum absolute atomic E-state index is 0.613. The Morgan fingerprint density at radius 3 is 2.21 bits per heavy atom. The lowest BCUT2D eigenvalue weighted by molar-refractivity contribution is 0.220. The molecule has 0 fully saturated rings. The molecule has 0 amide bonds. The van der Waals surface area contributed by atoms with Gasteiger partial charge in [0.1, 0.15) is 5.75 Å². The van der Waals surface area contributed by atoms with Gasteiger partial charge in [-0.05, 0) is 58.6 Å². The van der Waals surface area contributed by atoms with Crippen molar-refractivity contribution in [2.75, 3.05) is 41.3 Å². The fourth-order valence-corrected chi connectivity index (χ4v) is 1.97. The van der Waals surface area contributed by atoms with Crippen LogP contribution in [0.3, 0.4) is 0 Å². The highest BCUT2D eigenvalue weighted by molar-refractivity contribution is 5.27. The van der Waals surface area contributed by atoms with Crippen LogP contribution in [-0.4, -0.2) is 57.2 Å². The van der Waals surface area contributed by atoms with Gasteiger partial charge >= 0.3 is 0 Å². The number of rotatable bonds is 8. The maximum absolute atomic E-state index is 5.17. The molecule has 0 aliphatic rings. The van der Waals surface area contributed by atoms with Gasteiger partial charge in [0.2, 0.25) is 0 Å². The molecule has 0 aromatic heterocycles. The standard InChI is InChI=1S/C16H28N2O/c1-14(18(4)13-12-17(2)3)6-7-15-8-10-16(19-5)11-9-15/h8-11,14H,6-7,12-13H2,1-5H3/t14-/m1/s1. The number of aryl methyl sites for hydroxylation is 1. The molecular formula is C16H28N2O. The van der Waals surface area contributed by atoms with Crippen molar-refractivity contribution in [1.82, 2.24) is 9.80 Å². The molecule has 0 radical (unpaired) electrons. The van der Waals surface area contributed by atoms with Crippen LogP contribution in [0.1, 0.15) is 18.9 Å². The van der Waals surface area contributed by atoms with E-state index in [9.17, 15) is 0 Å². The first-order valence-corrected chi connectivity index (χ1v) is 7.01. The zero-order valence-corrected chi connectivity index (χ0v) is 13.0. The van der Waals surface area contributed by atoms with Gasteiger partial charge in [0, 0.05) is 19.1 Å². The zero-order chi connectivity index (χ0) is 14.3. The molecule has 1 aromatic rings. The van der Waals surface area contributed by atoms with Gasteiger partial charge < -0.3 is 14.5 Å². The summed E-state index contributed by atoms with van der Waals surface area (Å²) in [6.45, 7) is 4.54. The van der Waals surface area contributed by atoms with Gasteiger partial charge in [-0.1, -0.05) is 12.1 Å². The van der Waals surface area contributed by atoms with Gasteiger partial charge in [0.25, 0.3) is 0 Å². The predicted octanol–water partition coefficient (Wildman–Crippen LogP) is 2.51. The van der Waals surface area contributed by atoms with Gasteiger partial charge in [-0.25, -0.2) is 0 Å². The Morgan fingerprint density at radius 1 is 1.05 bits per heavy atom. The predicted molar refractivity (Wildman–Crippen MR) is 82.0 cm³/mol. The highest BCUT2D eigenvalue weighted by atomic mass is 16.5. The summed E-state index contributed by atoms with van der Waals surface area (Å²) in [5.74, 6) is 0.930. The molecule has 0 saturated carbocycles. The van der Waals surface area contributed by atoms with Crippen molar-refractivity contribution < 1.29 is 4.74 Å².